The van der Waals surface area contributed by atoms with Crippen molar-refractivity contribution in [3.63, 3.8) is 0 Å². The summed E-state index contributed by atoms with van der Waals surface area (Å²) in [5, 5.41) is 0.692. The second-order valence-corrected chi connectivity index (χ2v) is 6.57. The molecule has 1 aliphatic heterocycles. The molecule has 0 unspecified atom stereocenters. The quantitative estimate of drug-likeness (QED) is 0.577. The molecule has 0 spiro atoms. The average molecular weight is 329 g/mol. The Bertz CT molecular complexity index is 970. The van der Waals surface area contributed by atoms with Crippen LogP contribution >= 0.6 is 0 Å². The second kappa shape index (κ2) is 5.61. The number of nitrogens with zero attached hydrogens (tertiary/aromatic N) is 2. The van der Waals surface area contributed by atoms with Crippen LogP contribution in [0.2, 0.25) is 5.21 Å². The first kappa shape index (κ1) is 17.5. The van der Waals surface area contributed by atoms with Crippen LogP contribution in [-0.4, -0.2) is 44.9 Å². The Morgan fingerprint density at radius 3 is 2.44 bits per heavy atom. The van der Waals surface area contributed by atoms with Crippen LogP contribution in [0.3, 0.4) is 0 Å². The average Bonchev–Trinajstić information content (AvgIpc) is 2.60. The molecule has 1 atom stereocenters. The van der Waals surface area contributed by atoms with Gasteiger partial charge in [-0.05, 0) is 37.6 Å². The molecule has 0 aliphatic carbocycles. The number of hydrogen-bond acceptors (Lipinski definition) is 4. The molecule has 6 radical (unpaired) electrons. The lowest BCUT2D eigenvalue weighted by Gasteiger charge is -2.31. The Morgan fingerprint density at radius 2 is 1.76 bits per heavy atom. The van der Waals surface area contributed by atoms with Crippen molar-refractivity contribution in [2.45, 2.75) is 37.3 Å². The topological polar surface area (TPSA) is 81.1 Å². The fraction of sp³-hybridized carbons (Fsp3) is 0.375. The zero-order valence-corrected chi connectivity index (χ0v) is 14.0. The molecule has 1 aliphatic rings. The van der Waals surface area contributed by atoms with Crippen LogP contribution in [0, 0.1) is 13.8 Å². The van der Waals surface area contributed by atoms with Gasteiger partial charge in [-0.3, -0.25) is 24.3 Å². The minimum atomic E-state index is -1.82. The van der Waals surface area contributed by atoms with Gasteiger partial charge in [0.15, 0.2) is 0 Å². The van der Waals surface area contributed by atoms with Gasteiger partial charge in [0, 0.05) is 0 Å². The number of carbonyl (C=O) groups is 2. The molecule has 1 aromatic carbocycles. The summed E-state index contributed by atoms with van der Waals surface area (Å²) in [5.41, 5.74) is -0.901. The van der Waals surface area contributed by atoms with E-state index in [-0.39, 0.29) is 18.7 Å². The molecule has 2 heterocycles. The Hall–Kier alpha value is -2.31. The molecule has 1 fully saturated rings. The van der Waals surface area contributed by atoms with E-state index in [2.05, 4.69) is 10.3 Å². The Balaban J connectivity index is 2.25. The molecule has 1 N–H and O–H groups in total. The molecule has 1 aromatic heterocycles. The summed E-state index contributed by atoms with van der Waals surface area (Å²) in [5.74, 6) is -1.41. The van der Waals surface area contributed by atoms with Crippen LogP contribution in [0.5, 0.6) is 0 Å². The number of amides is 2. The van der Waals surface area contributed by atoms with Crippen molar-refractivity contribution in [2.75, 3.05) is 0 Å². The Labute approximate surface area is 148 Å². The number of rotatable bonds is 1. The number of aryl methyl sites for hydroxylation is 2. The zero-order valence-electron chi connectivity index (χ0n) is 14.0. The van der Waals surface area contributed by atoms with E-state index >= 15 is 0 Å². The Kier molecular flexibility index (Phi) is 3.93. The highest BCUT2D eigenvalue weighted by Gasteiger charge is 2.44. The molecular formula is C16H14B3N3O3. The van der Waals surface area contributed by atoms with E-state index in [1.807, 2.05) is 13.0 Å². The lowest BCUT2D eigenvalue weighted by molar-refractivity contribution is -0.132. The maximum atomic E-state index is 13.0. The summed E-state index contributed by atoms with van der Waals surface area (Å²) >= 11 is 0. The number of nitrogens with one attached hydrogen (secondary N) is 1. The predicted octanol–water partition coefficient (Wildman–Crippen LogP) is -0.276. The van der Waals surface area contributed by atoms with Gasteiger partial charge >= 0.3 is 0 Å². The highest BCUT2D eigenvalue weighted by molar-refractivity contribution is 6.52. The van der Waals surface area contributed by atoms with Crippen molar-refractivity contribution in [3.8, 4) is 0 Å². The highest BCUT2D eigenvalue weighted by Crippen LogP contribution is 2.33. The van der Waals surface area contributed by atoms with Crippen LogP contribution in [-0.2, 0) is 15.0 Å². The summed E-state index contributed by atoms with van der Waals surface area (Å²) in [6.07, 6.45) is -0.157. The second-order valence-electron chi connectivity index (χ2n) is 6.57. The molecule has 1 saturated heterocycles. The first-order valence-electron chi connectivity index (χ1n) is 7.79. The van der Waals surface area contributed by atoms with E-state index in [4.69, 9.17) is 23.5 Å². The fourth-order valence-corrected chi connectivity index (χ4v) is 3.05. The van der Waals surface area contributed by atoms with Gasteiger partial charge in [-0.2, -0.15) is 0 Å². The summed E-state index contributed by atoms with van der Waals surface area (Å²) in [7, 11) is 17.7. The number of fused-ring (bicyclic) bond motifs is 1. The fourth-order valence-electron chi connectivity index (χ4n) is 3.05. The lowest BCUT2D eigenvalue weighted by Crippen LogP contribution is -2.54. The van der Waals surface area contributed by atoms with Crippen LogP contribution < -0.4 is 10.9 Å². The van der Waals surface area contributed by atoms with E-state index in [0.717, 1.165) is 10.1 Å². The van der Waals surface area contributed by atoms with E-state index in [1.54, 1.807) is 19.1 Å². The Morgan fingerprint density at radius 1 is 1.08 bits per heavy atom. The molecule has 9 heteroatoms. The van der Waals surface area contributed by atoms with E-state index < -0.39 is 28.0 Å². The molecule has 2 amide bonds. The number of carbonyl (C=O) groups excluding carboxylic acids is 2. The van der Waals surface area contributed by atoms with Gasteiger partial charge in [0.1, 0.15) is 13.7 Å². The monoisotopic (exact) mass is 329 g/mol. The number of hydrogen-bond donors (Lipinski definition) is 1. The van der Waals surface area contributed by atoms with E-state index in [9.17, 15) is 14.4 Å². The van der Waals surface area contributed by atoms with E-state index in [0.29, 0.717) is 10.9 Å². The largest absolute Gasteiger partial charge is 0.296 e. The maximum absolute atomic E-state index is 13.0. The lowest BCUT2D eigenvalue weighted by atomic mass is 9.51. The van der Waals surface area contributed by atoms with Crippen LogP contribution in [0.4, 0.5) is 0 Å². The summed E-state index contributed by atoms with van der Waals surface area (Å²) in [6.45, 7) is 3.42. The smallest absolute Gasteiger partial charge is 0.261 e. The third kappa shape index (κ3) is 2.71. The molecule has 6 nitrogen and oxygen atoms in total. The number of aromatic nitrogens is 2. The molecule has 0 bridgehead atoms. The van der Waals surface area contributed by atoms with E-state index in [1.165, 1.54) is 0 Å². The third-order valence-electron chi connectivity index (χ3n) is 4.55. The predicted molar refractivity (Wildman–Crippen MR) is 95.8 cm³/mol. The maximum Gasteiger partial charge on any atom is 0.261 e. The summed E-state index contributed by atoms with van der Waals surface area (Å²) in [4.78, 5) is 41.9. The van der Waals surface area contributed by atoms with Gasteiger partial charge in [-0.25, -0.2) is 4.98 Å². The van der Waals surface area contributed by atoms with Crippen molar-refractivity contribution in [1.29, 1.82) is 0 Å². The van der Waals surface area contributed by atoms with Gasteiger partial charge in [0.25, 0.3) is 5.56 Å². The van der Waals surface area contributed by atoms with Crippen molar-refractivity contribution in [2.24, 2.45) is 0 Å². The molecule has 120 valence electrons. The van der Waals surface area contributed by atoms with Gasteiger partial charge < -0.3 is 0 Å². The standard InChI is InChI=1S/C16H14B3N3O3/c1-8-3-4-11-10(7-8)12(23)22(9(2)20-11)16(19)6-5-15(17,18)13(24)21-14(16)25/h3-4,7H,5-6H2,1-2H3,(H,21,24,25)/t16-/m0/s1. The third-order valence-corrected chi connectivity index (χ3v) is 4.55. The normalized spacial score (nSPS) is 23.3. The number of benzene rings is 1. The van der Waals surface area contributed by atoms with Gasteiger partial charge in [-0.1, -0.05) is 18.1 Å². The summed E-state index contributed by atoms with van der Waals surface area (Å²) in [6, 6.07) is 5.25. The molecule has 2 aromatic rings. The molecule has 0 saturated carbocycles. The zero-order chi connectivity index (χ0) is 18.6. The van der Waals surface area contributed by atoms with Crippen molar-refractivity contribution < 1.29 is 9.59 Å². The van der Waals surface area contributed by atoms with Crippen LogP contribution in [0.15, 0.2) is 23.0 Å². The van der Waals surface area contributed by atoms with Gasteiger partial charge in [0.05, 0.1) is 32.0 Å². The van der Waals surface area contributed by atoms with Crippen LogP contribution in [0.1, 0.15) is 24.2 Å². The van der Waals surface area contributed by atoms with Crippen molar-refractivity contribution in [3.05, 3.63) is 39.9 Å². The highest BCUT2D eigenvalue weighted by atomic mass is 16.2. The van der Waals surface area contributed by atoms with Gasteiger partial charge in [-0.15, -0.1) is 0 Å². The van der Waals surface area contributed by atoms with Crippen molar-refractivity contribution in [1.82, 2.24) is 14.9 Å². The molecule has 3 rings (SSSR count). The molecule has 25 heavy (non-hydrogen) atoms. The number of imide groups is 1. The first-order chi connectivity index (χ1) is 11.6. The minimum Gasteiger partial charge on any atom is -0.296 e. The van der Waals surface area contributed by atoms with Crippen molar-refractivity contribution >= 4 is 46.3 Å². The van der Waals surface area contributed by atoms with Crippen LogP contribution in [0.25, 0.3) is 10.9 Å². The first-order valence-corrected chi connectivity index (χ1v) is 7.79. The summed E-state index contributed by atoms with van der Waals surface area (Å²) < 4.78 is 1.11. The minimum absolute atomic E-state index is 0.0706. The van der Waals surface area contributed by atoms with Gasteiger partial charge in [0.2, 0.25) is 11.8 Å². The molecular weight excluding hydrogens is 315 g/mol. The SMILES string of the molecule is [B]C1([B])CC[C@]([B])(n2c(C)nc3ccc(C)cc3c2=O)C(=O)NC1=O.